The van der Waals surface area contributed by atoms with Crippen LogP contribution in [-0.4, -0.2) is 53.0 Å². The summed E-state index contributed by atoms with van der Waals surface area (Å²) in [4.78, 5) is 11.9. The SMILES string of the molecule is CCOC(=O)c1cn(CC(=C(F)B2OC(C)(C)C(C)(C)O2)c2cccc(OC)c2)nn1. The molecule has 1 saturated heterocycles. The van der Waals surface area contributed by atoms with Crippen LogP contribution < -0.4 is 4.74 Å². The van der Waals surface area contributed by atoms with Gasteiger partial charge in [-0.05, 0) is 52.3 Å². The standard InChI is InChI=1S/C21H27BFN3O5/c1-7-29-19(27)17-13-26(25-24-17)12-16(14-9-8-10-15(11-14)28-6)18(23)22-30-20(2,3)21(4,5)31-22/h8-11,13H,7,12H2,1-6H3. The molecule has 0 bridgehead atoms. The fourth-order valence-electron chi connectivity index (χ4n) is 3.04. The van der Waals surface area contributed by atoms with E-state index in [0.29, 0.717) is 11.3 Å². The van der Waals surface area contributed by atoms with Crippen LogP contribution in [0.3, 0.4) is 0 Å². The van der Waals surface area contributed by atoms with E-state index in [1.54, 1.807) is 31.2 Å². The van der Waals surface area contributed by atoms with E-state index in [4.69, 9.17) is 18.8 Å². The third kappa shape index (κ3) is 4.80. The third-order valence-electron chi connectivity index (χ3n) is 5.51. The quantitative estimate of drug-likeness (QED) is 0.490. The van der Waals surface area contributed by atoms with Gasteiger partial charge in [-0.2, -0.15) is 0 Å². The third-order valence-corrected chi connectivity index (χ3v) is 5.51. The van der Waals surface area contributed by atoms with E-state index in [2.05, 4.69) is 10.3 Å². The first-order valence-corrected chi connectivity index (χ1v) is 10.0. The molecule has 3 rings (SSSR count). The number of carbonyl (C=O) groups is 1. The summed E-state index contributed by atoms with van der Waals surface area (Å²) >= 11 is 0. The summed E-state index contributed by atoms with van der Waals surface area (Å²) in [6.07, 6.45) is 1.41. The number of hydrogen-bond acceptors (Lipinski definition) is 7. The van der Waals surface area contributed by atoms with Crippen LogP contribution in [0.4, 0.5) is 4.39 Å². The minimum absolute atomic E-state index is 0.00448. The molecule has 8 nitrogen and oxygen atoms in total. The first-order valence-electron chi connectivity index (χ1n) is 10.0. The Morgan fingerprint density at radius 1 is 1.23 bits per heavy atom. The van der Waals surface area contributed by atoms with E-state index in [9.17, 15) is 4.79 Å². The predicted molar refractivity (Wildman–Crippen MR) is 113 cm³/mol. The number of esters is 1. The van der Waals surface area contributed by atoms with Crippen molar-refractivity contribution in [1.82, 2.24) is 15.0 Å². The molecule has 0 saturated carbocycles. The molecule has 0 unspecified atom stereocenters. The molecule has 0 amide bonds. The van der Waals surface area contributed by atoms with Crippen molar-refractivity contribution in [2.45, 2.75) is 52.4 Å². The Morgan fingerprint density at radius 3 is 2.52 bits per heavy atom. The molecule has 2 heterocycles. The second kappa shape index (κ2) is 8.80. The zero-order chi connectivity index (χ0) is 22.8. The van der Waals surface area contributed by atoms with E-state index in [1.165, 1.54) is 18.0 Å². The topological polar surface area (TPSA) is 84.7 Å². The maximum absolute atomic E-state index is 15.8. The Kier molecular flexibility index (Phi) is 6.52. The summed E-state index contributed by atoms with van der Waals surface area (Å²) in [6.45, 7) is 9.34. The van der Waals surface area contributed by atoms with Gasteiger partial charge >= 0.3 is 13.1 Å². The number of rotatable bonds is 7. The van der Waals surface area contributed by atoms with Gasteiger partial charge in [0.2, 0.25) is 0 Å². The molecular formula is C21H27BFN3O5. The summed E-state index contributed by atoms with van der Waals surface area (Å²) < 4.78 is 39.2. The Morgan fingerprint density at radius 2 is 1.90 bits per heavy atom. The lowest BCUT2D eigenvalue weighted by atomic mass is 9.82. The minimum Gasteiger partial charge on any atom is -0.497 e. The summed E-state index contributed by atoms with van der Waals surface area (Å²) in [5, 5.41) is 7.77. The average Bonchev–Trinajstić information content (AvgIpc) is 3.27. The number of halogens is 1. The van der Waals surface area contributed by atoms with Crippen molar-refractivity contribution in [2.24, 2.45) is 0 Å². The average molecular weight is 431 g/mol. The molecule has 0 aliphatic carbocycles. The predicted octanol–water partition coefficient (Wildman–Crippen LogP) is 3.48. The highest BCUT2D eigenvalue weighted by Gasteiger charge is 2.53. The maximum Gasteiger partial charge on any atom is 0.525 e. The van der Waals surface area contributed by atoms with E-state index in [-0.39, 0.29) is 24.4 Å². The van der Waals surface area contributed by atoms with Gasteiger partial charge in [0.05, 0.1) is 37.7 Å². The number of ether oxygens (including phenoxy) is 2. The van der Waals surface area contributed by atoms with E-state index >= 15 is 4.39 Å². The smallest absolute Gasteiger partial charge is 0.497 e. The lowest BCUT2D eigenvalue weighted by Gasteiger charge is -2.32. The van der Waals surface area contributed by atoms with Gasteiger partial charge in [0.1, 0.15) is 11.5 Å². The number of hydrogen-bond donors (Lipinski definition) is 0. The van der Waals surface area contributed by atoms with E-state index in [0.717, 1.165) is 0 Å². The number of nitrogens with zero attached hydrogens (tertiary/aromatic N) is 3. The zero-order valence-electron chi connectivity index (χ0n) is 18.6. The number of methoxy groups -OCH3 is 1. The Hall–Kier alpha value is -2.72. The highest BCUT2D eigenvalue weighted by Crippen LogP contribution is 2.40. The molecule has 0 N–H and O–H groups in total. The number of allylic oxidation sites excluding steroid dienone is 1. The molecule has 1 aromatic carbocycles. The Bertz CT molecular complexity index is 973. The maximum atomic E-state index is 15.8. The lowest BCUT2D eigenvalue weighted by Crippen LogP contribution is -2.41. The molecular weight excluding hydrogens is 404 g/mol. The van der Waals surface area contributed by atoms with E-state index in [1.807, 2.05) is 27.7 Å². The molecule has 1 fully saturated rings. The molecule has 1 aromatic heterocycles. The van der Waals surface area contributed by atoms with Gasteiger partial charge in [0, 0.05) is 5.57 Å². The first kappa shape index (κ1) is 23.0. The molecule has 0 radical (unpaired) electrons. The summed E-state index contributed by atoms with van der Waals surface area (Å²) in [7, 11) is 0.357. The number of carbonyl (C=O) groups excluding carboxylic acids is 1. The van der Waals surface area contributed by atoms with Gasteiger partial charge in [0.15, 0.2) is 5.69 Å². The fraction of sp³-hybridized carbons (Fsp3) is 0.476. The monoisotopic (exact) mass is 431 g/mol. The van der Waals surface area contributed by atoms with Gasteiger partial charge in [-0.25, -0.2) is 13.9 Å². The van der Waals surface area contributed by atoms with Crippen LogP contribution in [0.5, 0.6) is 5.75 Å². The molecule has 2 aromatic rings. The van der Waals surface area contributed by atoms with E-state index < -0.39 is 30.0 Å². The van der Waals surface area contributed by atoms with Gasteiger partial charge < -0.3 is 18.8 Å². The second-order valence-electron chi connectivity index (χ2n) is 8.17. The van der Waals surface area contributed by atoms with Gasteiger partial charge in [-0.15, -0.1) is 5.10 Å². The van der Waals surface area contributed by atoms with Crippen molar-refractivity contribution in [3.05, 3.63) is 47.4 Å². The van der Waals surface area contributed by atoms with Gasteiger partial charge in [0.25, 0.3) is 0 Å². The largest absolute Gasteiger partial charge is 0.525 e. The molecule has 1 aliphatic heterocycles. The van der Waals surface area contributed by atoms with Crippen LogP contribution in [0.15, 0.2) is 36.2 Å². The normalized spacial score (nSPS) is 18.0. The first-order chi connectivity index (χ1) is 14.6. The summed E-state index contributed by atoms with van der Waals surface area (Å²) in [5.41, 5.74) is -1.09. The van der Waals surface area contributed by atoms with Crippen molar-refractivity contribution in [3.63, 3.8) is 0 Å². The molecule has 10 heteroatoms. The summed E-state index contributed by atoms with van der Waals surface area (Å²) in [5.74, 6) is -0.0189. The minimum atomic E-state index is -1.18. The lowest BCUT2D eigenvalue weighted by molar-refractivity contribution is 0.00578. The van der Waals surface area contributed by atoms with Crippen LogP contribution in [-0.2, 0) is 20.6 Å². The Balaban J connectivity index is 2.00. The highest BCUT2D eigenvalue weighted by molar-refractivity contribution is 6.55. The molecule has 166 valence electrons. The van der Waals surface area contributed by atoms with Crippen molar-refractivity contribution in [1.29, 1.82) is 0 Å². The number of aromatic nitrogens is 3. The summed E-state index contributed by atoms with van der Waals surface area (Å²) in [6, 6.07) is 6.99. The number of benzene rings is 1. The zero-order valence-corrected chi connectivity index (χ0v) is 18.6. The molecule has 31 heavy (non-hydrogen) atoms. The van der Waals surface area contributed by atoms with Crippen LogP contribution in [0, 0.1) is 0 Å². The van der Waals surface area contributed by atoms with Crippen LogP contribution >= 0.6 is 0 Å². The second-order valence-corrected chi connectivity index (χ2v) is 8.17. The Labute approximate surface area is 181 Å². The van der Waals surface area contributed by atoms with Crippen LogP contribution in [0.2, 0.25) is 0 Å². The molecule has 0 spiro atoms. The fourth-order valence-corrected chi connectivity index (χ4v) is 3.04. The van der Waals surface area contributed by atoms with Crippen LogP contribution in [0.25, 0.3) is 5.57 Å². The van der Waals surface area contributed by atoms with Crippen LogP contribution in [0.1, 0.15) is 50.7 Å². The van der Waals surface area contributed by atoms with Gasteiger partial charge in [-0.3, -0.25) is 0 Å². The van der Waals surface area contributed by atoms with Crippen molar-refractivity contribution >= 4 is 18.7 Å². The van der Waals surface area contributed by atoms with Crippen molar-refractivity contribution < 1.29 is 28.0 Å². The molecule has 1 aliphatic rings. The van der Waals surface area contributed by atoms with Crippen molar-refractivity contribution in [3.8, 4) is 5.75 Å². The van der Waals surface area contributed by atoms with Gasteiger partial charge in [-0.1, -0.05) is 17.3 Å². The molecule has 0 atom stereocenters. The van der Waals surface area contributed by atoms with Crippen molar-refractivity contribution in [2.75, 3.05) is 13.7 Å². The highest BCUT2D eigenvalue weighted by atomic mass is 19.1.